The molecule has 19 heavy (non-hydrogen) atoms. The number of nitrogens with zero attached hydrogens (tertiary/aromatic N) is 1. The zero-order valence-corrected chi connectivity index (χ0v) is 12.2. The summed E-state index contributed by atoms with van der Waals surface area (Å²) < 4.78 is 0. The lowest BCUT2D eigenvalue weighted by molar-refractivity contribution is -0.125. The lowest BCUT2D eigenvalue weighted by Gasteiger charge is -2.24. The monoisotopic (exact) mass is 257 g/mol. The van der Waals surface area contributed by atoms with Crippen molar-refractivity contribution in [3.05, 3.63) is 47.5 Å². The Morgan fingerprint density at radius 1 is 1.37 bits per heavy atom. The third-order valence-electron chi connectivity index (χ3n) is 3.96. The van der Waals surface area contributed by atoms with Crippen molar-refractivity contribution < 1.29 is 4.79 Å². The van der Waals surface area contributed by atoms with E-state index in [-0.39, 0.29) is 11.3 Å². The third kappa shape index (κ3) is 3.25. The van der Waals surface area contributed by atoms with E-state index in [4.69, 9.17) is 0 Å². The molecular formula is C17H23NO. The molecule has 2 nitrogen and oxygen atoms in total. The molecule has 0 aromatic heterocycles. The Morgan fingerprint density at radius 3 is 2.58 bits per heavy atom. The summed E-state index contributed by atoms with van der Waals surface area (Å²) in [4.78, 5) is 13.6. The minimum Gasteiger partial charge on any atom is -0.339 e. The van der Waals surface area contributed by atoms with Gasteiger partial charge in [0.15, 0.2) is 0 Å². The van der Waals surface area contributed by atoms with Crippen LogP contribution in [0.5, 0.6) is 0 Å². The van der Waals surface area contributed by atoms with E-state index in [9.17, 15) is 4.79 Å². The van der Waals surface area contributed by atoms with Gasteiger partial charge in [-0.3, -0.25) is 4.79 Å². The van der Waals surface area contributed by atoms with Gasteiger partial charge in [-0.15, -0.1) is 0 Å². The van der Waals surface area contributed by atoms with Crippen LogP contribution in [0.15, 0.2) is 30.9 Å². The van der Waals surface area contributed by atoms with E-state index >= 15 is 0 Å². The SMILES string of the molecule is C=CC(=O)N1CCC(C)(Cc2cc(C)cc(C)c2)C1. The summed E-state index contributed by atoms with van der Waals surface area (Å²) in [5, 5.41) is 0. The first kappa shape index (κ1) is 13.9. The minimum absolute atomic E-state index is 0.0594. The largest absolute Gasteiger partial charge is 0.339 e. The molecule has 102 valence electrons. The van der Waals surface area contributed by atoms with Crippen LogP contribution < -0.4 is 0 Å². The zero-order valence-electron chi connectivity index (χ0n) is 12.2. The van der Waals surface area contributed by atoms with E-state index in [1.54, 1.807) is 0 Å². The Balaban J connectivity index is 2.10. The molecule has 0 saturated carbocycles. The number of likely N-dealkylation sites (tertiary alicyclic amines) is 1. The smallest absolute Gasteiger partial charge is 0.245 e. The molecule has 0 aliphatic carbocycles. The lowest BCUT2D eigenvalue weighted by Crippen LogP contribution is -2.30. The predicted molar refractivity (Wildman–Crippen MR) is 79.1 cm³/mol. The molecule has 2 heteroatoms. The molecule has 1 unspecified atom stereocenters. The van der Waals surface area contributed by atoms with E-state index in [2.05, 4.69) is 45.5 Å². The fourth-order valence-corrected chi connectivity index (χ4v) is 3.15. The van der Waals surface area contributed by atoms with Crippen LogP contribution in [0, 0.1) is 19.3 Å². The first-order valence-electron chi connectivity index (χ1n) is 6.90. The molecule has 1 fully saturated rings. The molecule has 1 heterocycles. The van der Waals surface area contributed by atoms with Gasteiger partial charge in [0, 0.05) is 13.1 Å². The first-order chi connectivity index (χ1) is 8.92. The normalized spacial score (nSPS) is 22.6. The maximum Gasteiger partial charge on any atom is 0.245 e. The minimum atomic E-state index is 0.0594. The van der Waals surface area contributed by atoms with Gasteiger partial charge in [0.05, 0.1) is 0 Å². The van der Waals surface area contributed by atoms with Crippen molar-refractivity contribution in [1.29, 1.82) is 0 Å². The topological polar surface area (TPSA) is 20.3 Å². The second kappa shape index (κ2) is 5.20. The average molecular weight is 257 g/mol. The Hall–Kier alpha value is -1.57. The number of carbonyl (C=O) groups is 1. The number of benzene rings is 1. The van der Waals surface area contributed by atoms with Crippen molar-refractivity contribution in [2.75, 3.05) is 13.1 Å². The van der Waals surface area contributed by atoms with E-state index in [0.29, 0.717) is 0 Å². The summed E-state index contributed by atoms with van der Waals surface area (Å²) in [6, 6.07) is 6.72. The molecule has 1 aromatic rings. The van der Waals surface area contributed by atoms with E-state index in [1.807, 2.05) is 4.90 Å². The molecule has 1 saturated heterocycles. The van der Waals surface area contributed by atoms with Crippen molar-refractivity contribution >= 4 is 5.91 Å². The van der Waals surface area contributed by atoms with Gasteiger partial charge in [0.1, 0.15) is 0 Å². The van der Waals surface area contributed by atoms with Crippen molar-refractivity contribution in [3.63, 3.8) is 0 Å². The molecular weight excluding hydrogens is 234 g/mol. The Morgan fingerprint density at radius 2 is 2.00 bits per heavy atom. The Kier molecular flexibility index (Phi) is 3.79. The highest BCUT2D eigenvalue weighted by Gasteiger charge is 2.35. The number of aryl methyl sites for hydroxylation is 2. The molecule has 1 aliphatic heterocycles. The van der Waals surface area contributed by atoms with Crippen molar-refractivity contribution in [3.8, 4) is 0 Å². The second-order valence-corrected chi connectivity index (χ2v) is 6.20. The van der Waals surface area contributed by atoms with Crippen molar-refractivity contribution in [2.45, 2.75) is 33.6 Å². The molecule has 0 spiro atoms. The van der Waals surface area contributed by atoms with E-state index < -0.39 is 0 Å². The van der Waals surface area contributed by atoms with Gasteiger partial charge in [-0.1, -0.05) is 42.8 Å². The van der Waals surface area contributed by atoms with Crippen LogP contribution >= 0.6 is 0 Å². The second-order valence-electron chi connectivity index (χ2n) is 6.20. The zero-order chi connectivity index (χ0) is 14.0. The highest BCUT2D eigenvalue weighted by molar-refractivity contribution is 5.87. The summed E-state index contributed by atoms with van der Waals surface area (Å²) in [7, 11) is 0. The van der Waals surface area contributed by atoms with Crippen molar-refractivity contribution in [1.82, 2.24) is 4.90 Å². The van der Waals surface area contributed by atoms with Gasteiger partial charge < -0.3 is 4.90 Å². The third-order valence-corrected chi connectivity index (χ3v) is 3.96. The Labute approximate surface area is 116 Å². The molecule has 1 aromatic carbocycles. The van der Waals surface area contributed by atoms with Gasteiger partial charge in [0.2, 0.25) is 5.91 Å². The number of carbonyl (C=O) groups excluding carboxylic acids is 1. The molecule has 0 N–H and O–H groups in total. The highest BCUT2D eigenvalue weighted by Crippen LogP contribution is 2.34. The summed E-state index contributed by atoms with van der Waals surface area (Å²) in [6.45, 7) is 11.8. The van der Waals surface area contributed by atoms with Gasteiger partial charge in [-0.05, 0) is 43.7 Å². The van der Waals surface area contributed by atoms with Gasteiger partial charge in [-0.25, -0.2) is 0 Å². The number of hydrogen-bond acceptors (Lipinski definition) is 1. The van der Waals surface area contributed by atoms with Crippen LogP contribution in [-0.2, 0) is 11.2 Å². The first-order valence-corrected chi connectivity index (χ1v) is 6.90. The molecule has 0 radical (unpaired) electrons. The van der Waals surface area contributed by atoms with E-state index in [0.717, 1.165) is 25.9 Å². The maximum atomic E-state index is 11.7. The van der Waals surface area contributed by atoms with Gasteiger partial charge in [0.25, 0.3) is 0 Å². The molecule has 1 aliphatic rings. The quantitative estimate of drug-likeness (QED) is 0.761. The average Bonchev–Trinajstić information content (AvgIpc) is 2.69. The fraction of sp³-hybridized carbons (Fsp3) is 0.471. The summed E-state index contributed by atoms with van der Waals surface area (Å²) in [5.41, 5.74) is 4.21. The van der Waals surface area contributed by atoms with Crippen LogP contribution in [0.3, 0.4) is 0 Å². The van der Waals surface area contributed by atoms with Crippen LogP contribution in [0.4, 0.5) is 0 Å². The van der Waals surface area contributed by atoms with Crippen LogP contribution in [0.25, 0.3) is 0 Å². The summed E-state index contributed by atoms with van der Waals surface area (Å²) in [5.74, 6) is 0.0594. The predicted octanol–water partition coefficient (Wildman–Crippen LogP) is 3.27. The molecule has 1 amide bonds. The van der Waals surface area contributed by atoms with E-state index in [1.165, 1.54) is 22.8 Å². The molecule has 0 bridgehead atoms. The standard InChI is InChI=1S/C17H23NO/c1-5-16(19)18-7-6-17(4,12-18)11-15-9-13(2)8-14(3)10-15/h5,8-10H,1,6-7,11-12H2,2-4H3. The van der Waals surface area contributed by atoms with Crippen LogP contribution in [0.1, 0.15) is 30.0 Å². The van der Waals surface area contributed by atoms with Gasteiger partial charge in [-0.2, -0.15) is 0 Å². The number of amides is 1. The van der Waals surface area contributed by atoms with Crippen molar-refractivity contribution in [2.24, 2.45) is 5.41 Å². The van der Waals surface area contributed by atoms with Crippen LogP contribution in [0.2, 0.25) is 0 Å². The summed E-state index contributed by atoms with van der Waals surface area (Å²) >= 11 is 0. The maximum absolute atomic E-state index is 11.7. The molecule has 1 atom stereocenters. The summed E-state index contributed by atoms with van der Waals surface area (Å²) in [6.07, 6.45) is 3.53. The number of hydrogen-bond donors (Lipinski definition) is 0. The van der Waals surface area contributed by atoms with Gasteiger partial charge >= 0.3 is 0 Å². The lowest BCUT2D eigenvalue weighted by atomic mass is 9.82. The van der Waals surface area contributed by atoms with Crippen LogP contribution in [-0.4, -0.2) is 23.9 Å². The Bertz CT molecular complexity index is 486. The molecule has 2 rings (SSSR count). The fourth-order valence-electron chi connectivity index (χ4n) is 3.15. The number of rotatable bonds is 3. The highest BCUT2D eigenvalue weighted by atomic mass is 16.2.